The molecular formula is C19H21NO3. The van der Waals surface area contributed by atoms with Gasteiger partial charge in [0.05, 0.1) is 11.6 Å². The second-order valence-corrected chi connectivity index (χ2v) is 5.58. The Kier molecular flexibility index (Phi) is 5.52. The molecule has 0 unspecified atom stereocenters. The Morgan fingerprint density at radius 3 is 2.39 bits per heavy atom. The van der Waals surface area contributed by atoms with Crippen LogP contribution in [-0.2, 0) is 9.53 Å². The molecule has 1 N–H and O–H groups in total. The van der Waals surface area contributed by atoms with Gasteiger partial charge in [0, 0.05) is 0 Å². The molecule has 120 valence electrons. The second kappa shape index (κ2) is 7.58. The molecule has 0 aliphatic carbocycles. The molecule has 23 heavy (non-hydrogen) atoms. The Bertz CT molecular complexity index is 695. The molecule has 0 saturated heterocycles. The third kappa shape index (κ3) is 4.68. The van der Waals surface area contributed by atoms with Crippen molar-refractivity contribution in [3.63, 3.8) is 0 Å². The lowest BCUT2D eigenvalue weighted by molar-refractivity contribution is -0.124. The van der Waals surface area contributed by atoms with Crippen molar-refractivity contribution in [1.29, 1.82) is 0 Å². The Morgan fingerprint density at radius 1 is 1.04 bits per heavy atom. The van der Waals surface area contributed by atoms with Crippen LogP contribution in [0.25, 0.3) is 0 Å². The summed E-state index contributed by atoms with van der Waals surface area (Å²) >= 11 is 0. The van der Waals surface area contributed by atoms with Gasteiger partial charge in [-0.05, 0) is 49.6 Å². The number of esters is 1. The molecule has 0 aliphatic rings. The highest BCUT2D eigenvalue weighted by Gasteiger charge is 2.13. The van der Waals surface area contributed by atoms with Crippen molar-refractivity contribution < 1.29 is 14.3 Å². The maximum atomic E-state index is 12.0. The van der Waals surface area contributed by atoms with E-state index in [0.717, 1.165) is 16.7 Å². The first-order chi connectivity index (χ1) is 11.0. The van der Waals surface area contributed by atoms with Crippen molar-refractivity contribution in [2.24, 2.45) is 0 Å². The molecule has 0 fully saturated rings. The van der Waals surface area contributed by atoms with Crippen molar-refractivity contribution in [1.82, 2.24) is 5.32 Å². The van der Waals surface area contributed by atoms with Crippen LogP contribution in [0.15, 0.2) is 48.5 Å². The predicted octanol–water partition coefficient (Wildman–Crippen LogP) is 3.34. The van der Waals surface area contributed by atoms with E-state index >= 15 is 0 Å². The summed E-state index contributed by atoms with van der Waals surface area (Å²) in [6.45, 7) is 5.50. The third-order valence-electron chi connectivity index (χ3n) is 3.75. The Morgan fingerprint density at radius 2 is 1.74 bits per heavy atom. The molecule has 0 aliphatic heterocycles. The molecule has 0 heterocycles. The first-order valence-electron chi connectivity index (χ1n) is 7.56. The van der Waals surface area contributed by atoms with Gasteiger partial charge in [-0.15, -0.1) is 0 Å². The van der Waals surface area contributed by atoms with Gasteiger partial charge in [-0.25, -0.2) is 4.79 Å². The number of rotatable bonds is 5. The first kappa shape index (κ1) is 16.7. The second-order valence-electron chi connectivity index (χ2n) is 5.58. The smallest absolute Gasteiger partial charge is 0.338 e. The number of carbonyl (C=O) groups excluding carboxylic acids is 2. The number of amides is 1. The first-order valence-corrected chi connectivity index (χ1v) is 7.56. The number of benzene rings is 2. The molecule has 1 atom stereocenters. The van der Waals surface area contributed by atoms with Gasteiger partial charge < -0.3 is 10.1 Å². The number of nitrogens with one attached hydrogen (secondary N) is 1. The molecule has 0 spiro atoms. The van der Waals surface area contributed by atoms with Gasteiger partial charge in [0.2, 0.25) is 0 Å². The zero-order chi connectivity index (χ0) is 16.8. The summed E-state index contributed by atoms with van der Waals surface area (Å²) in [4.78, 5) is 23.9. The summed E-state index contributed by atoms with van der Waals surface area (Å²) in [5.74, 6) is -0.811. The van der Waals surface area contributed by atoms with Crippen LogP contribution in [0, 0.1) is 13.8 Å². The molecule has 2 aromatic rings. The molecule has 0 radical (unpaired) electrons. The van der Waals surface area contributed by atoms with Crippen molar-refractivity contribution in [2.75, 3.05) is 6.61 Å². The van der Waals surface area contributed by atoms with E-state index in [1.807, 2.05) is 57.2 Å². The number of carbonyl (C=O) groups is 2. The lowest BCUT2D eigenvalue weighted by atomic mass is 10.1. The minimum absolute atomic E-state index is 0.135. The summed E-state index contributed by atoms with van der Waals surface area (Å²) in [6.07, 6.45) is 0. The fourth-order valence-corrected chi connectivity index (χ4v) is 2.19. The summed E-state index contributed by atoms with van der Waals surface area (Å²) in [6, 6.07) is 14.8. The number of ether oxygens (including phenoxy) is 1. The van der Waals surface area contributed by atoms with Gasteiger partial charge in [-0.2, -0.15) is 0 Å². The van der Waals surface area contributed by atoms with E-state index < -0.39 is 5.97 Å². The van der Waals surface area contributed by atoms with Gasteiger partial charge in [0.25, 0.3) is 5.91 Å². The molecule has 0 bridgehead atoms. The van der Waals surface area contributed by atoms with E-state index in [1.54, 1.807) is 12.1 Å². The summed E-state index contributed by atoms with van der Waals surface area (Å²) in [5.41, 5.74) is 3.58. The topological polar surface area (TPSA) is 55.4 Å². The Hall–Kier alpha value is -2.62. The van der Waals surface area contributed by atoms with Crippen LogP contribution in [0.1, 0.15) is 40.0 Å². The van der Waals surface area contributed by atoms with Gasteiger partial charge >= 0.3 is 5.97 Å². The van der Waals surface area contributed by atoms with Crippen LogP contribution >= 0.6 is 0 Å². The van der Waals surface area contributed by atoms with Crippen molar-refractivity contribution in [3.05, 3.63) is 70.8 Å². The van der Waals surface area contributed by atoms with Crippen molar-refractivity contribution in [2.45, 2.75) is 26.8 Å². The average Bonchev–Trinajstić information content (AvgIpc) is 2.56. The molecule has 2 rings (SSSR count). The standard InChI is InChI=1S/C19H21NO3/c1-13-9-10-17(11-14(13)2)19(22)23-12-18(21)20-15(3)16-7-5-4-6-8-16/h4-11,15H,12H2,1-3H3,(H,20,21)/t15-/m1/s1. The Labute approximate surface area is 136 Å². The monoisotopic (exact) mass is 311 g/mol. The van der Waals surface area contributed by atoms with Crippen molar-refractivity contribution in [3.8, 4) is 0 Å². The zero-order valence-corrected chi connectivity index (χ0v) is 13.6. The van der Waals surface area contributed by atoms with E-state index in [1.165, 1.54) is 0 Å². The van der Waals surface area contributed by atoms with Crippen LogP contribution < -0.4 is 5.32 Å². The fourth-order valence-electron chi connectivity index (χ4n) is 2.19. The van der Waals surface area contributed by atoms with E-state index in [9.17, 15) is 9.59 Å². The van der Waals surface area contributed by atoms with Gasteiger partial charge in [-0.1, -0.05) is 36.4 Å². The van der Waals surface area contributed by atoms with Crippen LogP contribution in [0.4, 0.5) is 0 Å². The van der Waals surface area contributed by atoms with Gasteiger partial charge in [0.15, 0.2) is 6.61 Å². The van der Waals surface area contributed by atoms with Crippen LogP contribution in [0.2, 0.25) is 0 Å². The number of hydrogen-bond donors (Lipinski definition) is 1. The highest BCUT2D eigenvalue weighted by Crippen LogP contribution is 2.12. The maximum absolute atomic E-state index is 12.0. The average molecular weight is 311 g/mol. The molecule has 4 nitrogen and oxygen atoms in total. The lowest BCUT2D eigenvalue weighted by Gasteiger charge is -2.14. The van der Waals surface area contributed by atoms with Crippen molar-refractivity contribution >= 4 is 11.9 Å². The van der Waals surface area contributed by atoms with Crippen LogP contribution in [0.3, 0.4) is 0 Å². The van der Waals surface area contributed by atoms with Gasteiger partial charge in [-0.3, -0.25) is 4.79 Å². The fraction of sp³-hybridized carbons (Fsp3) is 0.263. The maximum Gasteiger partial charge on any atom is 0.338 e. The minimum atomic E-state index is -0.490. The summed E-state index contributed by atoms with van der Waals surface area (Å²) in [5, 5.41) is 2.81. The summed E-state index contributed by atoms with van der Waals surface area (Å²) < 4.78 is 5.07. The number of aryl methyl sites for hydroxylation is 2. The van der Waals surface area contributed by atoms with Gasteiger partial charge in [0.1, 0.15) is 0 Å². The SMILES string of the molecule is Cc1ccc(C(=O)OCC(=O)N[C@H](C)c2ccccc2)cc1C. The zero-order valence-electron chi connectivity index (χ0n) is 13.6. The Balaban J connectivity index is 1.86. The largest absolute Gasteiger partial charge is 0.452 e. The predicted molar refractivity (Wildman–Crippen MR) is 89.2 cm³/mol. The molecule has 4 heteroatoms. The summed E-state index contributed by atoms with van der Waals surface area (Å²) in [7, 11) is 0. The van der Waals surface area contributed by atoms with E-state index in [4.69, 9.17) is 4.74 Å². The quantitative estimate of drug-likeness (QED) is 0.862. The van der Waals surface area contributed by atoms with E-state index in [-0.39, 0.29) is 18.6 Å². The van der Waals surface area contributed by atoms with Crippen LogP contribution in [0.5, 0.6) is 0 Å². The normalized spacial score (nSPS) is 11.6. The van der Waals surface area contributed by atoms with E-state index in [2.05, 4.69) is 5.32 Å². The minimum Gasteiger partial charge on any atom is -0.452 e. The highest BCUT2D eigenvalue weighted by atomic mass is 16.5. The third-order valence-corrected chi connectivity index (χ3v) is 3.75. The lowest BCUT2D eigenvalue weighted by Crippen LogP contribution is -2.31. The molecule has 0 aromatic heterocycles. The molecular weight excluding hydrogens is 290 g/mol. The molecule has 1 amide bonds. The van der Waals surface area contributed by atoms with E-state index in [0.29, 0.717) is 5.56 Å². The number of hydrogen-bond acceptors (Lipinski definition) is 3. The highest BCUT2D eigenvalue weighted by molar-refractivity contribution is 5.91. The molecule has 0 saturated carbocycles. The molecule has 2 aromatic carbocycles. The van der Waals surface area contributed by atoms with Crippen LogP contribution in [-0.4, -0.2) is 18.5 Å².